The molecule has 1 aromatic carbocycles. The molecule has 9 heteroatoms. The summed E-state index contributed by atoms with van der Waals surface area (Å²) in [6.07, 6.45) is 1.24. The van der Waals surface area contributed by atoms with Crippen molar-refractivity contribution in [3.8, 4) is 0 Å². The number of aryl methyl sites for hydroxylation is 1. The highest BCUT2D eigenvalue weighted by atomic mass is 16.6. The van der Waals surface area contributed by atoms with Crippen LogP contribution in [0.3, 0.4) is 0 Å². The Morgan fingerprint density at radius 1 is 1.20 bits per heavy atom. The molecule has 0 fully saturated rings. The molecule has 0 saturated carbocycles. The molecule has 0 amide bonds. The molecule has 25 heavy (non-hydrogen) atoms. The van der Waals surface area contributed by atoms with Crippen LogP contribution < -0.4 is 0 Å². The number of tetrazole rings is 1. The van der Waals surface area contributed by atoms with Gasteiger partial charge in [-0.25, -0.2) is 9.67 Å². The quantitative estimate of drug-likeness (QED) is 0.413. The zero-order valence-corrected chi connectivity index (χ0v) is 13.4. The number of oxime groups is 2. The van der Waals surface area contributed by atoms with Crippen molar-refractivity contribution in [2.75, 3.05) is 0 Å². The summed E-state index contributed by atoms with van der Waals surface area (Å²) in [5.41, 5.74) is 2.51. The summed E-state index contributed by atoms with van der Waals surface area (Å²) in [5.74, 6) is 0.486. The van der Waals surface area contributed by atoms with Crippen LogP contribution in [-0.2, 0) is 18.5 Å². The van der Waals surface area contributed by atoms with Crippen molar-refractivity contribution < 1.29 is 10.0 Å². The molecule has 0 radical (unpaired) electrons. The van der Waals surface area contributed by atoms with Gasteiger partial charge in [-0.05, 0) is 22.6 Å². The zero-order chi connectivity index (χ0) is 17.5. The number of hydrogen-bond donors (Lipinski definition) is 1. The summed E-state index contributed by atoms with van der Waals surface area (Å²) in [7, 11) is 1.73. The van der Waals surface area contributed by atoms with Crippen molar-refractivity contribution in [3.05, 3.63) is 71.3 Å². The van der Waals surface area contributed by atoms with Gasteiger partial charge >= 0.3 is 0 Å². The van der Waals surface area contributed by atoms with Crippen molar-refractivity contribution in [1.82, 2.24) is 25.2 Å². The number of hydrogen-bond acceptors (Lipinski definition) is 8. The van der Waals surface area contributed by atoms with Crippen molar-refractivity contribution in [3.63, 3.8) is 0 Å². The molecule has 0 aliphatic carbocycles. The fourth-order valence-electron chi connectivity index (χ4n) is 2.12. The molecule has 0 unspecified atom stereocenters. The summed E-state index contributed by atoms with van der Waals surface area (Å²) < 4.78 is 1.52. The average Bonchev–Trinajstić information content (AvgIpc) is 3.06. The maximum Gasteiger partial charge on any atom is 0.204 e. The number of rotatable bonds is 6. The molecule has 0 atom stereocenters. The summed E-state index contributed by atoms with van der Waals surface area (Å²) in [6.45, 7) is 0.148. The Kier molecular flexibility index (Phi) is 5.05. The second-order valence-corrected chi connectivity index (χ2v) is 5.00. The Bertz CT molecular complexity index is 890. The van der Waals surface area contributed by atoms with Gasteiger partial charge in [0.15, 0.2) is 12.3 Å². The maximum atomic E-state index is 8.57. The monoisotopic (exact) mass is 337 g/mol. The SMILES string of the molecule is Cn1nnnc1C(=NOCc1cccc(C=NO)n1)c1ccccc1. The Morgan fingerprint density at radius 3 is 2.76 bits per heavy atom. The summed E-state index contributed by atoms with van der Waals surface area (Å²) in [5, 5.41) is 27.2. The van der Waals surface area contributed by atoms with E-state index >= 15 is 0 Å². The predicted molar refractivity (Wildman–Crippen MR) is 89.3 cm³/mol. The van der Waals surface area contributed by atoms with E-state index in [0.717, 1.165) is 5.56 Å². The molecule has 0 spiro atoms. The molecule has 0 bridgehead atoms. The van der Waals surface area contributed by atoms with Gasteiger partial charge in [-0.15, -0.1) is 5.10 Å². The molecular weight excluding hydrogens is 322 g/mol. The van der Waals surface area contributed by atoms with Crippen LogP contribution in [0.4, 0.5) is 0 Å². The Balaban J connectivity index is 1.82. The number of nitrogens with zero attached hydrogens (tertiary/aromatic N) is 7. The molecule has 0 aliphatic heterocycles. The van der Waals surface area contributed by atoms with Crippen LogP contribution in [0.5, 0.6) is 0 Å². The fraction of sp³-hybridized carbons (Fsp3) is 0.125. The first-order valence-corrected chi connectivity index (χ1v) is 7.39. The third-order valence-electron chi connectivity index (χ3n) is 3.27. The smallest absolute Gasteiger partial charge is 0.204 e. The van der Waals surface area contributed by atoms with E-state index in [2.05, 4.69) is 30.8 Å². The maximum absolute atomic E-state index is 8.57. The van der Waals surface area contributed by atoms with Crippen LogP contribution in [0.1, 0.15) is 22.8 Å². The minimum absolute atomic E-state index is 0.148. The van der Waals surface area contributed by atoms with Crippen LogP contribution in [0.2, 0.25) is 0 Å². The molecule has 3 aromatic rings. The van der Waals surface area contributed by atoms with E-state index in [-0.39, 0.29) is 6.61 Å². The molecule has 0 saturated heterocycles. The van der Waals surface area contributed by atoms with Crippen LogP contribution in [0.15, 0.2) is 58.8 Å². The number of pyridine rings is 1. The highest BCUT2D eigenvalue weighted by molar-refractivity contribution is 6.10. The van der Waals surface area contributed by atoms with Crippen LogP contribution in [0.25, 0.3) is 0 Å². The Labute approximate surface area is 143 Å². The van der Waals surface area contributed by atoms with Crippen LogP contribution >= 0.6 is 0 Å². The summed E-state index contributed by atoms with van der Waals surface area (Å²) in [4.78, 5) is 9.72. The molecular formula is C16H15N7O2. The van der Waals surface area contributed by atoms with Crippen molar-refractivity contribution in [1.29, 1.82) is 0 Å². The van der Waals surface area contributed by atoms with Gasteiger partial charge < -0.3 is 10.0 Å². The molecule has 0 aliphatic rings. The molecule has 1 N–H and O–H groups in total. The van der Waals surface area contributed by atoms with E-state index in [9.17, 15) is 0 Å². The lowest BCUT2D eigenvalue weighted by atomic mass is 10.1. The molecule has 9 nitrogen and oxygen atoms in total. The Hall–Kier alpha value is -3.62. The van der Waals surface area contributed by atoms with Gasteiger partial charge in [0.05, 0.1) is 17.6 Å². The van der Waals surface area contributed by atoms with Gasteiger partial charge in [-0.1, -0.05) is 46.7 Å². The van der Waals surface area contributed by atoms with Gasteiger partial charge in [0.25, 0.3) is 0 Å². The normalized spacial score (nSPS) is 11.8. The number of aromatic nitrogens is 5. The molecule has 2 heterocycles. The lowest BCUT2D eigenvalue weighted by molar-refractivity contribution is 0.128. The highest BCUT2D eigenvalue weighted by Gasteiger charge is 2.14. The minimum atomic E-state index is 0.148. The van der Waals surface area contributed by atoms with Crippen molar-refractivity contribution in [2.24, 2.45) is 17.4 Å². The lowest BCUT2D eigenvalue weighted by Gasteiger charge is -2.06. The van der Waals surface area contributed by atoms with Gasteiger partial charge in [0, 0.05) is 12.6 Å². The van der Waals surface area contributed by atoms with E-state index in [4.69, 9.17) is 10.0 Å². The van der Waals surface area contributed by atoms with Gasteiger partial charge in [-0.3, -0.25) is 0 Å². The van der Waals surface area contributed by atoms with Gasteiger partial charge in [-0.2, -0.15) is 0 Å². The minimum Gasteiger partial charge on any atom is -0.411 e. The zero-order valence-electron chi connectivity index (χ0n) is 13.4. The number of benzene rings is 1. The second-order valence-electron chi connectivity index (χ2n) is 5.00. The topological polar surface area (TPSA) is 111 Å². The molecule has 126 valence electrons. The van der Waals surface area contributed by atoms with E-state index < -0.39 is 0 Å². The van der Waals surface area contributed by atoms with E-state index in [0.29, 0.717) is 22.9 Å². The third kappa shape index (κ3) is 4.02. The average molecular weight is 337 g/mol. The van der Waals surface area contributed by atoms with Gasteiger partial charge in [0.1, 0.15) is 0 Å². The lowest BCUT2D eigenvalue weighted by Crippen LogP contribution is -2.12. The summed E-state index contributed by atoms with van der Waals surface area (Å²) in [6, 6.07) is 14.8. The molecule has 3 rings (SSSR count). The van der Waals surface area contributed by atoms with Crippen molar-refractivity contribution >= 4 is 11.9 Å². The van der Waals surface area contributed by atoms with Gasteiger partial charge in [0.2, 0.25) is 5.82 Å². The fourth-order valence-corrected chi connectivity index (χ4v) is 2.12. The van der Waals surface area contributed by atoms with E-state index in [1.165, 1.54) is 10.9 Å². The van der Waals surface area contributed by atoms with E-state index in [1.807, 2.05) is 30.3 Å². The first-order chi connectivity index (χ1) is 12.3. The molecule has 2 aromatic heterocycles. The predicted octanol–water partition coefficient (Wildman–Crippen LogP) is 1.38. The first kappa shape index (κ1) is 16.2. The van der Waals surface area contributed by atoms with E-state index in [1.54, 1.807) is 25.2 Å². The Morgan fingerprint density at radius 2 is 2.04 bits per heavy atom. The standard InChI is InChI=1S/C16H15N7O2/c1-23-16(19-21-22-23)15(12-6-3-2-4-7-12)20-25-11-14-9-5-8-13(18-14)10-17-24/h2-10,24H,11H2,1H3. The van der Waals surface area contributed by atoms with Crippen molar-refractivity contribution in [2.45, 2.75) is 6.61 Å². The third-order valence-corrected chi connectivity index (χ3v) is 3.27. The largest absolute Gasteiger partial charge is 0.411 e. The highest BCUT2D eigenvalue weighted by Crippen LogP contribution is 2.09. The van der Waals surface area contributed by atoms with Crippen LogP contribution in [-0.4, -0.2) is 42.3 Å². The summed E-state index contributed by atoms with van der Waals surface area (Å²) >= 11 is 0. The first-order valence-electron chi connectivity index (χ1n) is 7.39. The van der Waals surface area contributed by atoms with Crippen LogP contribution in [0, 0.1) is 0 Å². The second kappa shape index (κ2) is 7.77.